The monoisotopic (exact) mass is 442 g/mol. The van der Waals surface area contributed by atoms with Crippen molar-refractivity contribution in [1.82, 2.24) is 0 Å². The van der Waals surface area contributed by atoms with E-state index in [1.165, 1.54) is 18.1 Å². The Morgan fingerprint density at radius 2 is 2.00 bits per heavy atom. The molecule has 6 nitrogen and oxygen atoms in total. The standard InChI is InChI=1S/C21H22F4N2O4/c1-31-19-16-11(9-2-3-9)4-13(20(29)30)18(28)12(16)5-15(22)17(19)27-7-10(6-26)14(8-27)21(23,24)25/h4-5,9-11,14H,2-3,6-8,26H2,1H3,(H,29,30)/t10-,11?,14-/m1/s1. The van der Waals surface area contributed by atoms with Gasteiger partial charge in [-0.25, -0.2) is 9.18 Å². The van der Waals surface area contributed by atoms with Gasteiger partial charge in [-0.1, -0.05) is 6.08 Å². The number of aliphatic carboxylic acids is 1. The summed E-state index contributed by atoms with van der Waals surface area (Å²) < 4.78 is 61.1. The molecule has 0 radical (unpaired) electrons. The number of carbonyl (C=O) groups is 2. The lowest BCUT2D eigenvalue weighted by molar-refractivity contribution is -0.178. The summed E-state index contributed by atoms with van der Waals surface area (Å²) in [6.45, 7) is -0.788. The molecule has 31 heavy (non-hydrogen) atoms. The van der Waals surface area contributed by atoms with E-state index < -0.39 is 53.6 Å². The van der Waals surface area contributed by atoms with Crippen molar-refractivity contribution in [3.8, 4) is 5.75 Å². The number of nitrogens with two attached hydrogens (primary N) is 1. The van der Waals surface area contributed by atoms with Crippen molar-refractivity contribution in [2.75, 3.05) is 31.6 Å². The summed E-state index contributed by atoms with van der Waals surface area (Å²) in [5, 5.41) is 9.40. The molecular formula is C21H22F4N2O4. The number of rotatable bonds is 5. The van der Waals surface area contributed by atoms with Crippen LogP contribution in [0.5, 0.6) is 5.75 Å². The summed E-state index contributed by atoms with van der Waals surface area (Å²) >= 11 is 0. The summed E-state index contributed by atoms with van der Waals surface area (Å²) in [6.07, 6.45) is -1.53. The van der Waals surface area contributed by atoms with Gasteiger partial charge in [0, 0.05) is 36.1 Å². The number of benzene rings is 1. The molecule has 3 atom stereocenters. The number of methoxy groups -OCH3 is 1. The maximum atomic E-state index is 15.2. The molecule has 1 aliphatic heterocycles. The van der Waals surface area contributed by atoms with E-state index in [-0.39, 0.29) is 36.0 Å². The quantitative estimate of drug-likeness (QED) is 0.538. The van der Waals surface area contributed by atoms with Gasteiger partial charge >= 0.3 is 12.1 Å². The van der Waals surface area contributed by atoms with Crippen LogP contribution in [0.15, 0.2) is 17.7 Å². The molecule has 0 bridgehead atoms. The van der Waals surface area contributed by atoms with Crippen molar-refractivity contribution in [1.29, 1.82) is 0 Å². The minimum Gasteiger partial charge on any atom is -0.494 e. The molecule has 3 aliphatic rings. The highest BCUT2D eigenvalue weighted by molar-refractivity contribution is 6.25. The first-order valence-electron chi connectivity index (χ1n) is 10.00. The van der Waals surface area contributed by atoms with Crippen LogP contribution in [0.25, 0.3) is 0 Å². The summed E-state index contributed by atoms with van der Waals surface area (Å²) in [4.78, 5) is 25.5. The van der Waals surface area contributed by atoms with Gasteiger partial charge in [-0.3, -0.25) is 4.79 Å². The van der Waals surface area contributed by atoms with Crippen LogP contribution < -0.4 is 15.4 Å². The lowest BCUT2D eigenvalue weighted by atomic mass is 9.79. The molecule has 3 N–H and O–H groups in total. The van der Waals surface area contributed by atoms with Crippen molar-refractivity contribution in [2.45, 2.75) is 24.9 Å². The van der Waals surface area contributed by atoms with Crippen LogP contribution in [0, 0.1) is 23.6 Å². The average molecular weight is 442 g/mol. The van der Waals surface area contributed by atoms with E-state index in [4.69, 9.17) is 10.5 Å². The van der Waals surface area contributed by atoms with Crippen LogP contribution in [0.2, 0.25) is 0 Å². The van der Waals surface area contributed by atoms with Gasteiger partial charge in [0.25, 0.3) is 0 Å². The first-order chi connectivity index (χ1) is 14.6. The van der Waals surface area contributed by atoms with E-state index in [2.05, 4.69) is 0 Å². The number of carbonyl (C=O) groups excluding carboxylic acids is 1. The second-order valence-electron chi connectivity index (χ2n) is 8.33. The van der Waals surface area contributed by atoms with Crippen LogP contribution >= 0.6 is 0 Å². The van der Waals surface area contributed by atoms with Crippen LogP contribution in [0.1, 0.15) is 34.7 Å². The molecule has 1 saturated carbocycles. The summed E-state index contributed by atoms with van der Waals surface area (Å²) in [6, 6.07) is 0.930. The number of hydrogen-bond donors (Lipinski definition) is 2. The lowest BCUT2D eigenvalue weighted by Crippen LogP contribution is -2.33. The Labute approximate surface area is 175 Å². The Balaban J connectivity index is 1.85. The number of allylic oxidation sites excluding steroid dienone is 1. The number of halogens is 4. The van der Waals surface area contributed by atoms with Gasteiger partial charge < -0.3 is 20.5 Å². The first kappa shape index (κ1) is 21.6. The molecule has 1 heterocycles. The molecule has 1 aromatic carbocycles. The normalized spacial score (nSPS) is 26.0. The fraction of sp³-hybridized carbons (Fsp3) is 0.524. The maximum absolute atomic E-state index is 15.2. The average Bonchev–Trinajstić information content (AvgIpc) is 3.44. The largest absolute Gasteiger partial charge is 0.494 e. The molecule has 1 unspecified atom stereocenters. The second-order valence-corrected chi connectivity index (χ2v) is 8.33. The lowest BCUT2D eigenvalue weighted by Gasteiger charge is -2.30. The highest BCUT2D eigenvalue weighted by Gasteiger charge is 2.50. The van der Waals surface area contributed by atoms with Gasteiger partial charge in [-0.05, 0) is 31.4 Å². The number of ether oxygens (including phenoxy) is 1. The number of ketones is 1. The number of Topliss-reactive ketones (excluding diaryl/α,β-unsaturated/α-hetero) is 1. The van der Waals surface area contributed by atoms with Crippen LogP contribution in [-0.4, -0.2) is 49.8 Å². The predicted octanol–water partition coefficient (Wildman–Crippen LogP) is 3.11. The number of carboxylic acids is 1. The van der Waals surface area contributed by atoms with Crippen molar-refractivity contribution in [3.63, 3.8) is 0 Å². The van der Waals surface area contributed by atoms with Crippen molar-refractivity contribution in [3.05, 3.63) is 34.7 Å². The summed E-state index contributed by atoms with van der Waals surface area (Å²) in [5.74, 6) is -6.22. The van der Waals surface area contributed by atoms with Crippen molar-refractivity contribution in [2.24, 2.45) is 23.5 Å². The van der Waals surface area contributed by atoms with Crippen molar-refractivity contribution >= 4 is 17.4 Å². The Bertz CT molecular complexity index is 971. The van der Waals surface area contributed by atoms with E-state index in [0.29, 0.717) is 5.56 Å². The molecule has 0 aromatic heterocycles. The molecule has 168 valence electrons. The van der Waals surface area contributed by atoms with Crippen LogP contribution in [0.4, 0.5) is 23.2 Å². The van der Waals surface area contributed by atoms with Crippen molar-refractivity contribution < 1.29 is 37.0 Å². The minimum atomic E-state index is -4.48. The number of alkyl halides is 3. The van der Waals surface area contributed by atoms with Gasteiger partial charge in [0.05, 0.1) is 13.0 Å². The minimum absolute atomic E-state index is 0.0143. The molecule has 0 amide bonds. The Morgan fingerprint density at radius 1 is 1.32 bits per heavy atom. The number of carboxylic acid groups (broad SMARTS) is 1. The van der Waals surface area contributed by atoms with E-state index in [1.54, 1.807) is 0 Å². The molecule has 4 rings (SSSR count). The number of nitrogens with zero attached hydrogens (tertiary/aromatic N) is 1. The SMILES string of the molecule is COc1c2c(cc(F)c1N1C[C@@H](CN)[C@H](C(F)(F)F)C1)C(=O)C(C(=O)O)=CC2C1CC1. The van der Waals surface area contributed by atoms with Gasteiger partial charge in [-0.2, -0.15) is 13.2 Å². The first-order valence-corrected chi connectivity index (χ1v) is 10.00. The zero-order chi connectivity index (χ0) is 22.7. The molecule has 10 heteroatoms. The summed E-state index contributed by atoms with van der Waals surface area (Å²) in [5.41, 5.74) is 5.21. The summed E-state index contributed by atoms with van der Waals surface area (Å²) in [7, 11) is 1.27. The van der Waals surface area contributed by atoms with Gasteiger partial charge in [-0.15, -0.1) is 0 Å². The van der Waals surface area contributed by atoms with E-state index >= 15 is 4.39 Å². The van der Waals surface area contributed by atoms with E-state index in [0.717, 1.165) is 18.9 Å². The number of fused-ring (bicyclic) bond motifs is 1. The molecule has 2 aliphatic carbocycles. The fourth-order valence-corrected chi connectivity index (χ4v) is 4.79. The molecule has 0 spiro atoms. The third kappa shape index (κ3) is 3.56. The van der Waals surface area contributed by atoms with Crippen LogP contribution in [-0.2, 0) is 4.79 Å². The zero-order valence-corrected chi connectivity index (χ0v) is 16.7. The molecule has 2 fully saturated rings. The van der Waals surface area contributed by atoms with Crippen LogP contribution in [0.3, 0.4) is 0 Å². The third-order valence-corrected chi connectivity index (χ3v) is 6.46. The van der Waals surface area contributed by atoms with Gasteiger partial charge in [0.15, 0.2) is 5.82 Å². The smallest absolute Gasteiger partial charge is 0.393 e. The highest BCUT2D eigenvalue weighted by Crippen LogP contribution is 2.53. The Kier molecular flexibility index (Phi) is 5.23. The second kappa shape index (κ2) is 7.51. The molecule has 1 aromatic rings. The number of hydrogen-bond acceptors (Lipinski definition) is 5. The van der Waals surface area contributed by atoms with Gasteiger partial charge in [0.1, 0.15) is 17.0 Å². The topological polar surface area (TPSA) is 92.9 Å². The van der Waals surface area contributed by atoms with E-state index in [1.807, 2.05) is 0 Å². The fourth-order valence-electron chi connectivity index (χ4n) is 4.79. The van der Waals surface area contributed by atoms with Gasteiger partial charge in [0.2, 0.25) is 5.78 Å². The van der Waals surface area contributed by atoms with E-state index in [9.17, 15) is 27.9 Å². The third-order valence-electron chi connectivity index (χ3n) is 6.46. The molecule has 1 saturated heterocycles. The zero-order valence-electron chi connectivity index (χ0n) is 16.7. The highest BCUT2D eigenvalue weighted by atomic mass is 19.4. The Morgan fingerprint density at radius 3 is 2.48 bits per heavy atom. The maximum Gasteiger partial charge on any atom is 0.393 e. The Hall–Kier alpha value is -2.62. The number of anilines is 1. The molecular weight excluding hydrogens is 420 g/mol. The predicted molar refractivity (Wildman–Crippen MR) is 103 cm³/mol.